The Morgan fingerprint density at radius 2 is 1.83 bits per heavy atom. The van der Waals surface area contributed by atoms with Crippen LogP contribution in [0.15, 0.2) is 54.0 Å². The third-order valence-electron chi connectivity index (χ3n) is 3.55. The smallest absolute Gasteiger partial charge is 0.181 e. The summed E-state index contributed by atoms with van der Waals surface area (Å²) in [5, 5.41) is 9.74. The highest BCUT2D eigenvalue weighted by Crippen LogP contribution is 2.22. The average Bonchev–Trinajstić information content (AvgIpc) is 3.25. The van der Waals surface area contributed by atoms with E-state index in [9.17, 15) is 0 Å². The van der Waals surface area contributed by atoms with Crippen molar-refractivity contribution in [1.29, 1.82) is 0 Å². The van der Waals surface area contributed by atoms with E-state index in [-0.39, 0.29) is 0 Å². The molecular weight excluding hydrogens is 320 g/mol. The number of pyridine rings is 1. The number of benzene rings is 1. The van der Waals surface area contributed by atoms with Gasteiger partial charge < -0.3 is 5.73 Å². The molecule has 0 saturated carbocycles. The molecular formula is C17H14N6S. The van der Waals surface area contributed by atoms with Crippen molar-refractivity contribution in [3.63, 3.8) is 0 Å². The molecule has 3 N–H and O–H groups in total. The molecule has 0 bridgehead atoms. The molecule has 0 saturated heterocycles. The van der Waals surface area contributed by atoms with Crippen LogP contribution >= 0.6 is 11.3 Å². The van der Waals surface area contributed by atoms with Gasteiger partial charge in [0.25, 0.3) is 0 Å². The molecule has 0 aliphatic rings. The van der Waals surface area contributed by atoms with Gasteiger partial charge in [-0.25, -0.2) is 9.97 Å². The number of anilines is 1. The number of nitrogens with zero attached hydrogens (tertiary/aromatic N) is 4. The van der Waals surface area contributed by atoms with Gasteiger partial charge in [0, 0.05) is 22.7 Å². The molecule has 0 fully saturated rings. The summed E-state index contributed by atoms with van der Waals surface area (Å²) in [6, 6.07) is 13.9. The Hall–Kier alpha value is -3.06. The van der Waals surface area contributed by atoms with Gasteiger partial charge in [0.05, 0.1) is 17.8 Å². The van der Waals surface area contributed by atoms with Crippen LogP contribution in [0.5, 0.6) is 0 Å². The second kappa shape index (κ2) is 6.21. The number of aromatic nitrogens is 5. The third-order valence-corrected chi connectivity index (χ3v) is 4.28. The van der Waals surface area contributed by atoms with Gasteiger partial charge in [0.15, 0.2) is 11.0 Å². The molecule has 0 aliphatic carbocycles. The lowest BCUT2D eigenvalue weighted by molar-refractivity contribution is 0.952. The van der Waals surface area contributed by atoms with E-state index in [0.29, 0.717) is 17.4 Å². The first-order chi connectivity index (χ1) is 11.8. The number of hydrogen-bond acceptors (Lipinski definition) is 6. The summed E-state index contributed by atoms with van der Waals surface area (Å²) in [6.45, 7) is 0. The van der Waals surface area contributed by atoms with Gasteiger partial charge in [-0.05, 0) is 12.1 Å². The van der Waals surface area contributed by atoms with Crippen LogP contribution in [0.3, 0.4) is 0 Å². The predicted octanol–water partition coefficient (Wildman–Crippen LogP) is 3.16. The standard InChI is InChI=1S/C17H14N6S/c18-17-20-13(10-24-17)9-15-21-16(23-22-15)12-6-4-11(5-7-12)14-3-1-2-8-19-14/h1-8,10H,9H2,(H2,18,20)(H,21,22,23). The van der Waals surface area contributed by atoms with Gasteiger partial charge in [-0.15, -0.1) is 11.3 Å². The lowest BCUT2D eigenvalue weighted by Crippen LogP contribution is -1.92. The number of nitrogen functional groups attached to an aromatic ring is 1. The Labute approximate surface area is 142 Å². The SMILES string of the molecule is Nc1nc(Cc2nc(-c3ccc(-c4ccccn4)cc3)n[nH]2)cs1. The number of rotatable bonds is 4. The molecule has 24 heavy (non-hydrogen) atoms. The van der Waals surface area contributed by atoms with E-state index in [1.54, 1.807) is 6.20 Å². The largest absolute Gasteiger partial charge is 0.375 e. The molecule has 0 spiro atoms. The molecule has 0 radical (unpaired) electrons. The van der Waals surface area contributed by atoms with Crippen LogP contribution in [0, 0.1) is 0 Å². The summed E-state index contributed by atoms with van der Waals surface area (Å²) in [6.07, 6.45) is 2.38. The monoisotopic (exact) mass is 334 g/mol. The fourth-order valence-electron chi connectivity index (χ4n) is 2.40. The number of hydrogen-bond donors (Lipinski definition) is 2. The molecule has 4 aromatic rings. The first-order valence-electron chi connectivity index (χ1n) is 7.41. The zero-order chi connectivity index (χ0) is 16.4. The summed E-state index contributed by atoms with van der Waals surface area (Å²) >= 11 is 1.43. The zero-order valence-corrected chi connectivity index (χ0v) is 13.5. The maximum absolute atomic E-state index is 5.65. The van der Waals surface area contributed by atoms with Gasteiger partial charge in [0.1, 0.15) is 5.82 Å². The fraction of sp³-hybridized carbons (Fsp3) is 0.0588. The predicted molar refractivity (Wildman–Crippen MR) is 94.4 cm³/mol. The van der Waals surface area contributed by atoms with Crippen molar-refractivity contribution in [1.82, 2.24) is 25.1 Å². The molecule has 4 rings (SSSR count). The highest BCUT2D eigenvalue weighted by atomic mass is 32.1. The molecule has 1 aromatic carbocycles. The van der Waals surface area contributed by atoms with Crippen LogP contribution in [-0.4, -0.2) is 25.1 Å². The van der Waals surface area contributed by atoms with E-state index < -0.39 is 0 Å². The molecule has 118 valence electrons. The maximum atomic E-state index is 5.65. The van der Waals surface area contributed by atoms with Crippen molar-refractivity contribution < 1.29 is 0 Å². The normalized spacial score (nSPS) is 10.8. The molecule has 0 unspecified atom stereocenters. The molecule has 0 aliphatic heterocycles. The van der Waals surface area contributed by atoms with Crippen LogP contribution in [0.25, 0.3) is 22.6 Å². The Morgan fingerprint density at radius 3 is 2.54 bits per heavy atom. The lowest BCUT2D eigenvalue weighted by Gasteiger charge is -2.01. The number of aromatic amines is 1. The Kier molecular flexibility index (Phi) is 3.76. The van der Waals surface area contributed by atoms with E-state index in [1.807, 2.05) is 47.8 Å². The Balaban J connectivity index is 1.54. The molecule has 0 amide bonds. The van der Waals surface area contributed by atoms with Crippen LogP contribution in [0.2, 0.25) is 0 Å². The van der Waals surface area contributed by atoms with E-state index in [4.69, 9.17) is 5.73 Å². The minimum Gasteiger partial charge on any atom is -0.375 e. The average molecular weight is 334 g/mol. The summed E-state index contributed by atoms with van der Waals surface area (Å²) in [4.78, 5) is 13.1. The van der Waals surface area contributed by atoms with Crippen molar-refractivity contribution in [2.75, 3.05) is 5.73 Å². The van der Waals surface area contributed by atoms with Crippen molar-refractivity contribution in [3.8, 4) is 22.6 Å². The quantitative estimate of drug-likeness (QED) is 0.598. The van der Waals surface area contributed by atoms with E-state index in [1.165, 1.54) is 11.3 Å². The molecule has 3 aromatic heterocycles. The molecule has 0 atom stereocenters. The van der Waals surface area contributed by atoms with Gasteiger partial charge in [-0.1, -0.05) is 30.3 Å². The van der Waals surface area contributed by atoms with Crippen LogP contribution in [0.1, 0.15) is 11.5 Å². The topological polar surface area (TPSA) is 93.4 Å². The van der Waals surface area contributed by atoms with Gasteiger partial charge >= 0.3 is 0 Å². The lowest BCUT2D eigenvalue weighted by atomic mass is 10.1. The Bertz CT molecular complexity index is 943. The van der Waals surface area contributed by atoms with Gasteiger partial charge in [-0.2, -0.15) is 5.10 Å². The Morgan fingerprint density at radius 1 is 1.00 bits per heavy atom. The minimum atomic E-state index is 0.565. The van der Waals surface area contributed by atoms with Crippen LogP contribution in [0.4, 0.5) is 5.13 Å². The number of H-pyrrole nitrogens is 1. The second-order valence-corrected chi connectivity index (χ2v) is 6.14. The van der Waals surface area contributed by atoms with Crippen molar-refractivity contribution in [2.24, 2.45) is 0 Å². The highest BCUT2D eigenvalue weighted by molar-refractivity contribution is 7.13. The van der Waals surface area contributed by atoms with Crippen LogP contribution in [-0.2, 0) is 6.42 Å². The maximum Gasteiger partial charge on any atom is 0.181 e. The van der Waals surface area contributed by atoms with Gasteiger partial charge in [-0.3, -0.25) is 10.1 Å². The van der Waals surface area contributed by atoms with Crippen molar-refractivity contribution >= 4 is 16.5 Å². The number of nitrogens with two attached hydrogens (primary N) is 1. The summed E-state index contributed by atoms with van der Waals surface area (Å²) < 4.78 is 0. The molecule has 3 heterocycles. The summed E-state index contributed by atoms with van der Waals surface area (Å²) in [7, 11) is 0. The first kappa shape index (κ1) is 14.5. The number of nitrogens with one attached hydrogen (secondary N) is 1. The summed E-state index contributed by atoms with van der Waals surface area (Å²) in [5.41, 5.74) is 9.50. The van der Waals surface area contributed by atoms with Crippen molar-refractivity contribution in [3.05, 3.63) is 65.6 Å². The summed E-state index contributed by atoms with van der Waals surface area (Å²) in [5.74, 6) is 1.44. The van der Waals surface area contributed by atoms with Crippen LogP contribution < -0.4 is 5.73 Å². The van der Waals surface area contributed by atoms with E-state index in [2.05, 4.69) is 25.1 Å². The fourth-order valence-corrected chi connectivity index (χ4v) is 2.97. The minimum absolute atomic E-state index is 0.565. The highest BCUT2D eigenvalue weighted by Gasteiger charge is 2.09. The van der Waals surface area contributed by atoms with E-state index in [0.717, 1.165) is 28.3 Å². The number of thiazole rings is 1. The molecule has 7 heteroatoms. The second-order valence-electron chi connectivity index (χ2n) is 5.25. The third kappa shape index (κ3) is 3.02. The molecule has 6 nitrogen and oxygen atoms in total. The van der Waals surface area contributed by atoms with Crippen molar-refractivity contribution in [2.45, 2.75) is 6.42 Å². The first-order valence-corrected chi connectivity index (χ1v) is 8.29. The zero-order valence-electron chi connectivity index (χ0n) is 12.7. The van der Waals surface area contributed by atoms with E-state index >= 15 is 0 Å². The van der Waals surface area contributed by atoms with Gasteiger partial charge in [0.2, 0.25) is 0 Å².